The highest BCUT2D eigenvalue weighted by molar-refractivity contribution is 5.95. The minimum Gasteiger partial charge on any atom is -0.469 e. The van der Waals surface area contributed by atoms with Crippen LogP contribution in [0.3, 0.4) is 0 Å². The normalized spacial score (nSPS) is 14.3. The number of anilines is 1. The van der Waals surface area contributed by atoms with E-state index in [0.717, 1.165) is 24.1 Å². The average molecular weight is 334 g/mol. The first-order valence-electron chi connectivity index (χ1n) is 7.87. The molecule has 0 unspecified atom stereocenters. The molecule has 0 saturated heterocycles. The molecule has 1 aromatic carbocycles. The molecule has 0 aliphatic carbocycles. The lowest BCUT2D eigenvalue weighted by molar-refractivity contribution is -0.144. The number of carbonyl (C=O) groups is 3. The lowest BCUT2D eigenvalue weighted by Gasteiger charge is -2.30. The van der Waals surface area contributed by atoms with Gasteiger partial charge in [-0.2, -0.15) is 0 Å². The van der Waals surface area contributed by atoms with Crippen LogP contribution in [0.25, 0.3) is 0 Å². The van der Waals surface area contributed by atoms with Crippen LogP contribution in [0.2, 0.25) is 0 Å². The van der Waals surface area contributed by atoms with Crippen molar-refractivity contribution in [1.82, 2.24) is 5.32 Å². The predicted molar refractivity (Wildman–Crippen MR) is 87.7 cm³/mol. The Morgan fingerprint density at radius 1 is 1.21 bits per heavy atom. The first-order chi connectivity index (χ1) is 11.6. The number of para-hydroxylation sites is 1. The van der Waals surface area contributed by atoms with Gasteiger partial charge in [-0.15, -0.1) is 0 Å². The summed E-state index contributed by atoms with van der Waals surface area (Å²) in [6, 6.07) is 6.42. The summed E-state index contributed by atoms with van der Waals surface area (Å²) in [5, 5.41) is 2.66. The highest BCUT2D eigenvalue weighted by atomic mass is 16.5. The Balaban J connectivity index is 2.07. The molecule has 2 amide bonds. The number of hydrogen-bond acceptors (Lipinski definition) is 5. The van der Waals surface area contributed by atoms with Gasteiger partial charge in [0.25, 0.3) is 0 Å². The number of hydrogen-bond donors (Lipinski definition) is 1. The van der Waals surface area contributed by atoms with Crippen LogP contribution in [-0.2, 0) is 25.5 Å². The van der Waals surface area contributed by atoms with Crippen molar-refractivity contribution >= 4 is 23.7 Å². The summed E-state index contributed by atoms with van der Waals surface area (Å²) in [5.74, 6) is -1.03. The monoisotopic (exact) mass is 334 g/mol. The van der Waals surface area contributed by atoms with E-state index in [0.29, 0.717) is 6.54 Å². The quantitative estimate of drug-likeness (QED) is 0.828. The lowest BCUT2D eigenvalue weighted by Crippen LogP contribution is -2.50. The third kappa shape index (κ3) is 4.24. The summed E-state index contributed by atoms with van der Waals surface area (Å²) < 4.78 is 9.28. The number of rotatable bonds is 5. The van der Waals surface area contributed by atoms with Gasteiger partial charge in [0.1, 0.15) is 6.04 Å². The molecule has 1 heterocycles. The molecule has 24 heavy (non-hydrogen) atoms. The molecule has 1 aromatic rings. The summed E-state index contributed by atoms with van der Waals surface area (Å²) in [4.78, 5) is 37.4. The van der Waals surface area contributed by atoms with Crippen molar-refractivity contribution in [2.24, 2.45) is 0 Å². The standard InChI is InChI=1S/C17H22N2O5/c1-23-15(20)10-9-13(16(21)24-2)18-17(22)19-11-5-7-12-6-3-4-8-14(12)19/h3-4,6,8,13H,5,7,9-11H2,1-2H3,(H,18,22)/t13-/m1/s1. The molecule has 7 nitrogen and oxygen atoms in total. The molecule has 2 rings (SSSR count). The van der Waals surface area contributed by atoms with E-state index in [2.05, 4.69) is 10.1 Å². The van der Waals surface area contributed by atoms with Crippen molar-refractivity contribution in [3.05, 3.63) is 29.8 Å². The van der Waals surface area contributed by atoms with E-state index in [4.69, 9.17) is 4.74 Å². The van der Waals surface area contributed by atoms with Crippen molar-refractivity contribution in [1.29, 1.82) is 0 Å². The van der Waals surface area contributed by atoms with Gasteiger partial charge in [-0.25, -0.2) is 9.59 Å². The first-order valence-corrected chi connectivity index (χ1v) is 7.87. The van der Waals surface area contributed by atoms with E-state index in [-0.39, 0.29) is 18.9 Å². The molecular weight excluding hydrogens is 312 g/mol. The van der Waals surface area contributed by atoms with Crippen molar-refractivity contribution < 1.29 is 23.9 Å². The second kappa shape index (κ2) is 8.33. The highest BCUT2D eigenvalue weighted by Gasteiger charge is 2.28. The van der Waals surface area contributed by atoms with Crippen LogP contribution in [0.5, 0.6) is 0 Å². The van der Waals surface area contributed by atoms with Gasteiger partial charge < -0.3 is 14.8 Å². The fourth-order valence-electron chi connectivity index (χ4n) is 2.73. The molecule has 0 saturated carbocycles. The Labute approximate surface area is 140 Å². The summed E-state index contributed by atoms with van der Waals surface area (Å²) in [6.45, 7) is 0.577. The zero-order valence-corrected chi connectivity index (χ0v) is 13.9. The minimum atomic E-state index is -0.893. The fraction of sp³-hybridized carbons (Fsp3) is 0.471. The van der Waals surface area contributed by atoms with Gasteiger partial charge in [-0.05, 0) is 30.9 Å². The van der Waals surface area contributed by atoms with Crippen molar-refractivity contribution in [3.63, 3.8) is 0 Å². The third-order valence-electron chi connectivity index (χ3n) is 4.00. The molecule has 0 bridgehead atoms. The van der Waals surface area contributed by atoms with E-state index in [1.807, 2.05) is 24.3 Å². The third-order valence-corrected chi connectivity index (χ3v) is 4.00. The summed E-state index contributed by atoms with van der Waals surface area (Å²) in [7, 11) is 2.52. The predicted octanol–water partition coefficient (Wildman–Crippen LogP) is 1.64. The zero-order valence-electron chi connectivity index (χ0n) is 13.9. The van der Waals surface area contributed by atoms with Crippen LogP contribution in [0.15, 0.2) is 24.3 Å². The largest absolute Gasteiger partial charge is 0.469 e. The maximum absolute atomic E-state index is 12.6. The molecule has 1 N–H and O–H groups in total. The molecule has 0 aromatic heterocycles. The van der Waals surface area contributed by atoms with Crippen LogP contribution in [0.4, 0.5) is 10.5 Å². The zero-order chi connectivity index (χ0) is 17.5. The van der Waals surface area contributed by atoms with Crippen LogP contribution in [0.1, 0.15) is 24.8 Å². The lowest BCUT2D eigenvalue weighted by atomic mass is 10.0. The molecule has 0 spiro atoms. The number of aryl methyl sites for hydroxylation is 1. The molecule has 1 atom stereocenters. The Bertz CT molecular complexity index is 617. The van der Waals surface area contributed by atoms with Crippen LogP contribution in [-0.4, -0.2) is 44.8 Å². The van der Waals surface area contributed by atoms with E-state index in [1.165, 1.54) is 14.2 Å². The number of esters is 2. The number of ether oxygens (including phenoxy) is 2. The topological polar surface area (TPSA) is 84.9 Å². The highest BCUT2D eigenvalue weighted by Crippen LogP contribution is 2.26. The molecular formula is C17H22N2O5. The van der Waals surface area contributed by atoms with Gasteiger partial charge in [-0.3, -0.25) is 9.69 Å². The average Bonchev–Trinajstić information content (AvgIpc) is 2.63. The van der Waals surface area contributed by atoms with Gasteiger partial charge in [0.2, 0.25) is 0 Å². The number of carbonyl (C=O) groups excluding carboxylic acids is 3. The summed E-state index contributed by atoms with van der Waals surface area (Å²) in [5.41, 5.74) is 1.95. The fourth-order valence-corrected chi connectivity index (χ4v) is 2.73. The van der Waals surface area contributed by atoms with Crippen molar-refractivity contribution in [2.45, 2.75) is 31.7 Å². The van der Waals surface area contributed by atoms with E-state index < -0.39 is 18.0 Å². The smallest absolute Gasteiger partial charge is 0.328 e. The van der Waals surface area contributed by atoms with Crippen molar-refractivity contribution in [2.75, 3.05) is 25.7 Å². The number of methoxy groups -OCH3 is 2. The molecule has 1 aliphatic rings. The molecule has 7 heteroatoms. The van der Waals surface area contributed by atoms with Gasteiger partial charge >= 0.3 is 18.0 Å². The van der Waals surface area contributed by atoms with Crippen LogP contribution >= 0.6 is 0 Å². The second-order valence-corrected chi connectivity index (χ2v) is 5.52. The van der Waals surface area contributed by atoms with Crippen LogP contribution < -0.4 is 10.2 Å². The number of benzene rings is 1. The SMILES string of the molecule is COC(=O)CC[C@@H](NC(=O)N1CCCc2ccccc21)C(=O)OC. The number of nitrogens with one attached hydrogen (secondary N) is 1. The molecule has 0 radical (unpaired) electrons. The van der Waals surface area contributed by atoms with Gasteiger partial charge in [0, 0.05) is 18.7 Å². The number of fused-ring (bicyclic) bond motifs is 1. The van der Waals surface area contributed by atoms with Crippen LogP contribution in [0, 0.1) is 0 Å². The van der Waals surface area contributed by atoms with Gasteiger partial charge in [0.05, 0.1) is 14.2 Å². The number of nitrogens with zero attached hydrogens (tertiary/aromatic N) is 1. The Hall–Kier alpha value is -2.57. The Morgan fingerprint density at radius 3 is 2.67 bits per heavy atom. The maximum Gasteiger partial charge on any atom is 0.328 e. The molecule has 0 fully saturated rings. The van der Waals surface area contributed by atoms with E-state index >= 15 is 0 Å². The minimum absolute atomic E-state index is 0.0210. The molecule has 1 aliphatic heterocycles. The summed E-state index contributed by atoms with van der Waals surface area (Å²) >= 11 is 0. The molecule has 130 valence electrons. The summed E-state index contributed by atoms with van der Waals surface area (Å²) in [6.07, 6.45) is 1.92. The van der Waals surface area contributed by atoms with Gasteiger partial charge in [0.15, 0.2) is 0 Å². The first kappa shape index (κ1) is 17.8. The van der Waals surface area contributed by atoms with E-state index in [9.17, 15) is 14.4 Å². The van der Waals surface area contributed by atoms with Crippen molar-refractivity contribution in [3.8, 4) is 0 Å². The van der Waals surface area contributed by atoms with Gasteiger partial charge in [-0.1, -0.05) is 18.2 Å². The second-order valence-electron chi connectivity index (χ2n) is 5.52. The Morgan fingerprint density at radius 2 is 1.96 bits per heavy atom. The maximum atomic E-state index is 12.6. The van der Waals surface area contributed by atoms with E-state index in [1.54, 1.807) is 4.90 Å². The number of urea groups is 1. The number of amides is 2. The Kier molecular flexibility index (Phi) is 6.17.